The minimum absolute atomic E-state index is 0.197. The van der Waals surface area contributed by atoms with Gasteiger partial charge in [-0.1, -0.05) is 36.4 Å². The maximum absolute atomic E-state index is 12.4. The molecular weight excluding hydrogens is 268 g/mol. The van der Waals surface area contributed by atoms with E-state index in [9.17, 15) is 14.8 Å². The van der Waals surface area contributed by atoms with Crippen molar-refractivity contribution >= 4 is 22.6 Å². The van der Waals surface area contributed by atoms with Crippen molar-refractivity contribution in [2.45, 2.75) is 0 Å². The summed E-state index contributed by atoms with van der Waals surface area (Å²) in [5, 5.41) is 12.4. The van der Waals surface area contributed by atoms with Crippen LogP contribution in [0.2, 0.25) is 0 Å². The molecule has 0 saturated heterocycles. The van der Waals surface area contributed by atoms with Crippen LogP contribution in [-0.4, -0.2) is 16.6 Å². The normalized spacial score (nSPS) is 13.1. The van der Waals surface area contributed by atoms with Gasteiger partial charge in [-0.3, -0.25) is 9.59 Å². The van der Waals surface area contributed by atoms with Crippen molar-refractivity contribution in [2.75, 3.05) is 0 Å². The molecule has 0 fully saturated rings. The number of hydrogen-bond acceptors (Lipinski definition) is 4. The van der Waals surface area contributed by atoms with Gasteiger partial charge in [0, 0.05) is 17.2 Å². The minimum atomic E-state index is -0.808. The molecule has 5 heteroatoms. The fourth-order valence-electron chi connectivity index (χ4n) is 2.63. The molecule has 1 aromatic heterocycles. The summed E-state index contributed by atoms with van der Waals surface area (Å²) in [6, 6.07) is 13.4. The molecule has 0 unspecified atom stereocenters. The zero-order valence-corrected chi connectivity index (χ0v) is 10.7. The van der Waals surface area contributed by atoms with Crippen LogP contribution in [-0.2, 0) is 0 Å². The van der Waals surface area contributed by atoms with Gasteiger partial charge < -0.3 is 5.21 Å². The average molecular weight is 276 g/mol. The number of para-hydroxylation sites is 2. The van der Waals surface area contributed by atoms with Gasteiger partial charge in [0.15, 0.2) is 0 Å². The lowest BCUT2D eigenvalue weighted by Gasteiger charge is -2.16. The summed E-state index contributed by atoms with van der Waals surface area (Å²) in [5.74, 6) is -1.48. The van der Waals surface area contributed by atoms with E-state index in [0.29, 0.717) is 15.8 Å². The summed E-state index contributed by atoms with van der Waals surface area (Å²) in [6.07, 6.45) is 0. The first-order valence-electron chi connectivity index (χ1n) is 6.39. The molecule has 1 heterocycles. The van der Waals surface area contributed by atoms with Crippen molar-refractivity contribution in [1.29, 1.82) is 0 Å². The SMILES string of the molecule is O=C1C(=O)c2c(nc3ccccc3[n+]2[O-])-c2ccccc21. The lowest BCUT2D eigenvalue weighted by Crippen LogP contribution is -2.41. The van der Waals surface area contributed by atoms with Crippen LogP contribution < -0.4 is 4.73 Å². The van der Waals surface area contributed by atoms with Crippen LogP contribution in [0.15, 0.2) is 48.5 Å². The molecule has 2 aromatic carbocycles. The Morgan fingerprint density at radius 2 is 1.52 bits per heavy atom. The third kappa shape index (κ3) is 1.45. The topological polar surface area (TPSA) is 74.0 Å². The number of fused-ring (bicyclic) bond motifs is 4. The van der Waals surface area contributed by atoms with Crippen molar-refractivity contribution in [3.8, 4) is 11.3 Å². The first-order valence-corrected chi connectivity index (χ1v) is 6.39. The Morgan fingerprint density at radius 3 is 2.33 bits per heavy atom. The predicted molar refractivity (Wildman–Crippen MR) is 74.8 cm³/mol. The van der Waals surface area contributed by atoms with Crippen LogP contribution in [0.1, 0.15) is 20.8 Å². The summed E-state index contributed by atoms with van der Waals surface area (Å²) in [7, 11) is 0. The van der Waals surface area contributed by atoms with Crippen LogP contribution in [0, 0.1) is 5.21 Å². The maximum Gasteiger partial charge on any atom is 0.300 e. The fraction of sp³-hybridized carbons (Fsp3) is 0. The van der Waals surface area contributed by atoms with E-state index in [4.69, 9.17) is 0 Å². The van der Waals surface area contributed by atoms with Crippen LogP contribution in [0.25, 0.3) is 22.3 Å². The summed E-state index contributed by atoms with van der Waals surface area (Å²) < 4.78 is 0.508. The minimum Gasteiger partial charge on any atom is -0.618 e. The second-order valence-corrected chi connectivity index (χ2v) is 4.80. The highest BCUT2D eigenvalue weighted by Crippen LogP contribution is 2.31. The Bertz CT molecular complexity index is 947. The molecular formula is C16H8N2O3. The Hall–Kier alpha value is -3.08. The number of ketones is 2. The number of carbonyl (C=O) groups is 2. The van der Waals surface area contributed by atoms with Gasteiger partial charge >= 0.3 is 5.78 Å². The molecule has 1 aliphatic carbocycles. The molecule has 0 amide bonds. The Labute approximate surface area is 119 Å². The predicted octanol–water partition coefficient (Wildman–Crippen LogP) is 1.91. The van der Waals surface area contributed by atoms with Gasteiger partial charge in [0.1, 0.15) is 11.2 Å². The van der Waals surface area contributed by atoms with E-state index in [2.05, 4.69) is 4.98 Å². The molecule has 100 valence electrons. The highest BCUT2D eigenvalue weighted by Gasteiger charge is 2.38. The molecule has 21 heavy (non-hydrogen) atoms. The van der Waals surface area contributed by atoms with E-state index < -0.39 is 11.6 Å². The average Bonchev–Trinajstić information content (AvgIpc) is 2.52. The van der Waals surface area contributed by atoms with Gasteiger partial charge in [-0.2, -0.15) is 4.73 Å². The molecule has 0 radical (unpaired) electrons. The molecule has 5 nitrogen and oxygen atoms in total. The lowest BCUT2D eigenvalue weighted by atomic mass is 9.89. The molecule has 3 aromatic rings. The first-order chi connectivity index (χ1) is 10.2. The summed E-state index contributed by atoms with van der Waals surface area (Å²) in [4.78, 5) is 28.8. The standard InChI is InChI=1S/C16H8N2O3/c19-15-10-6-2-1-5-9(10)13-14(16(15)20)18(21)12-8-4-3-7-11(12)17-13/h1-8H. The second-order valence-electron chi connectivity index (χ2n) is 4.80. The molecule has 0 aliphatic heterocycles. The Kier molecular flexibility index (Phi) is 2.21. The smallest absolute Gasteiger partial charge is 0.300 e. The quantitative estimate of drug-likeness (QED) is 0.357. The zero-order chi connectivity index (χ0) is 14.6. The second kappa shape index (κ2) is 3.96. The van der Waals surface area contributed by atoms with Crippen LogP contribution in [0.5, 0.6) is 0 Å². The summed E-state index contributed by atoms with van der Waals surface area (Å²) >= 11 is 0. The number of hydrogen-bond donors (Lipinski definition) is 0. The monoisotopic (exact) mass is 276 g/mol. The molecule has 0 bridgehead atoms. The molecule has 0 spiro atoms. The number of nitrogens with zero attached hydrogens (tertiary/aromatic N) is 2. The molecule has 0 atom stereocenters. The number of benzene rings is 2. The lowest BCUT2D eigenvalue weighted by molar-refractivity contribution is -0.578. The van der Waals surface area contributed by atoms with Gasteiger partial charge in [-0.25, -0.2) is 4.98 Å². The number of Topliss-reactive ketones (excluding diaryl/α,β-unsaturated/α-hetero) is 2. The van der Waals surface area contributed by atoms with E-state index in [-0.39, 0.29) is 22.5 Å². The van der Waals surface area contributed by atoms with Gasteiger partial charge in [0.05, 0.1) is 0 Å². The van der Waals surface area contributed by atoms with Gasteiger partial charge in [0.25, 0.3) is 5.69 Å². The zero-order valence-electron chi connectivity index (χ0n) is 10.7. The van der Waals surface area contributed by atoms with E-state index in [1.54, 1.807) is 48.5 Å². The molecule has 0 saturated carbocycles. The Morgan fingerprint density at radius 1 is 0.857 bits per heavy atom. The molecule has 0 N–H and O–H groups in total. The maximum atomic E-state index is 12.4. The van der Waals surface area contributed by atoms with Crippen LogP contribution in [0.3, 0.4) is 0 Å². The van der Waals surface area contributed by atoms with Crippen molar-refractivity contribution in [3.05, 3.63) is 65.0 Å². The van der Waals surface area contributed by atoms with Gasteiger partial charge in [-0.15, -0.1) is 0 Å². The largest absolute Gasteiger partial charge is 0.618 e. The van der Waals surface area contributed by atoms with Gasteiger partial charge in [-0.05, 0) is 6.07 Å². The third-order valence-electron chi connectivity index (χ3n) is 3.61. The number of aromatic nitrogens is 2. The van der Waals surface area contributed by atoms with Crippen molar-refractivity contribution in [1.82, 2.24) is 4.98 Å². The van der Waals surface area contributed by atoms with E-state index in [1.807, 2.05) is 0 Å². The van der Waals surface area contributed by atoms with E-state index in [0.717, 1.165) is 0 Å². The van der Waals surface area contributed by atoms with Crippen molar-refractivity contribution in [2.24, 2.45) is 0 Å². The third-order valence-corrected chi connectivity index (χ3v) is 3.61. The van der Waals surface area contributed by atoms with E-state index in [1.165, 1.54) is 0 Å². The molecule has 4 rings (SSSR count). The first kappa shape index (κ1) is 11.7. The van der Waals surface area contributed by atoms with E-state index >= 15 is 0 Å². The molecule has 1 aliphatic rings. The van der Waals surface area contributed by atoms with Crippen molar-refractivity contribution < 1.29 is 14.3 Å². The highest BCUT2D eigenvalue weighted by molar-refractivity contribution is 6.52. The van der Waals surface area contributed by atoms with Crippen molar-refractivity contribution in [3.63, 3.8) is 0 Å². The summed E-state index contributed by atoms with van der Waals surface area (Å²) in [6.45, 7) is 0. The van der Waals surface area contributed by atoms with Gasteiger partial charge in [0.2, 0.25) is 11.3 Å². The van der Waals surface area contributed by atoms with Crippen LogP contribution in [0.4, 0.5) is 0 Å². The Balaban J connectivity index is 2.20. The number of carbonyl (C=O) groups excluding carboxylic acids is 2. The number of rotatable bonds is 0. The fourth-order valence-corrected chi connectivity index (χ4v) is 2.63. The summed E-state index contributed by atoms with van der Waals surface area (Å²) in [5.41, 5.74) is 1.64. The highest BCUT2D eigenvalue weighted by atomic mass is 16.5. The van der Waals surface area contributed by atoms with Crippen LogP contribution >= 0.6 is 0 Å².